The number of fused-ring (bicyclic) bond motifs is 1. The Hall–Kier alpha value is -3.04. The summed E-state index contributed by atoms with van der Waals surface area (Å²) >= 11 is 0. The third-order valence-corrected chi connectivity index (χ3v) is 16.6. The van der Waals surface area contributed by atoms with E-state index in [0.717, 1.165) is 32.2 Å². The van der Waals surface area contributed by atoms with Crippen molar-refractivity contribution in [3.8, 4) is 0 Å². The minimum Gasteiger partial charge on any atom is -0.342 e. The lowest BCUT2D eigenvalue weighted by Gasteiger charge is -2.39. The van der Waals surface area contributed by atoms with Crippen LogP contribution in [0.1, 0.15) is 127 Å². The molecule has 3 aliphatic heterocycles. The van der Waals surface area contributed by atoms with E-state index in [1.165, 1.54) is 4.31 Å². The highest BCUT2D eigenvalue weighted by atomic mass is 32.2. The summed E-state index contributed by atoms with van der Waals surface area (Å²) in [5.74, 6) is -2.92. The molecule has 0 aromatic heterocycles. The maximum absolute atomic E-state index is 15.1. The molecule has 14 nitrogen and oxygen atoms in total. The number of nitrogens with zero attached hydrogens (tertiary/aromatic N) is 3. The van der Waals surface area contributed by atoms with Crippen molar-refractivity contribution in [3.63, 3.8) is 0 Å². The summed E-state index contributed by atoms with van der Waals surface area (Å²) in [4.78, 5) is 75.5. The van der Waals surface area contributed by atoms with Crippen LogP contribution in [0.3, 0.4) is 0 Å². The fraction of sp³-hybridized carbons (Fsp3) is 0.833. The van der Waals surface area contributed by atoms with Gasteiger partial charge >= 0.3 is 10.2 Å². The monoisotopic (exact) mass is 815 g/mol. The van der Waals surface area contributed by atoms with Gasteiger partial charge in [-0.1, -0.05) is 67.9 Å². The van der Waals surface area contributed by atoms with Gasteiger partial charge < -0.3 is 20.9 Å². The number of hydrogen-bond acceptors (Lipinski definition) is 8. The van der Waals surface area contributed by atoms with E-state index < -0.39 is 74.3 Å². The molecule has 4 N–H and O–H groups in total. The lowest BCUT2D eigenvalue weighted by atomic mass is 9.73. The molecule has 0 aromatic carbocycles. The minimum atomic E-state index is -4.11. The lowest BCUT2D eigenvalue weighted by molar-refractivity contribution is -0.145. The standard InChI is InChI=1S/C42H69N7O7S/c1-12-27-23-42(27,36(54)46-57(55,56)47-20-13-14-21-47)45-33(51)29-24-41(39(10,11)40(41)18-16-19-40)25-49(29)35(53)31(38(7,8)9)44-34(52)30(37(4,5)6)43-32(50)28-17-15-22-48(28)26(2)3/h12,26-31H,1,13-25H2,2-11H3,(H,43,50)(H,44,52)(H,45,51)(H,46,54)/t27-,28-,29+,30-,31-,41-,42-/m1/s1. The van der Waals surface area contributed by atoms with Gasteiger partial charge in [-0.2, -0.15) is 12.7 Å². The van der Waals surface area contributed by atoms with Crippen LogP contribution in [0.25, 0.3) is 0 Å². The molecule has 6 rings (SSSR count). The molecule has 6 aliphatic rings. The quantitative estimate of drug-likeness (QED) is 0.217. The second-order valence-corrected chi connectivity index (χ2v) is 22.7. The fourth-order valence-electron chi connectivity index (χ4n) is 11.2. The average molecular weight is 816 g/mol. The molecule has 57 heavy (non-hydrogen) atoms. The number of carbonyl (C=O) groups excluding carboxylic acids is 5. The second-order valence-electron chi connectivity index (χ2n) is 21.0. The first-order valence-electron chi connectivity index (χ1n) is 21.2. The van der Waals surface area contributed by atoms with Crippen LogP contribution in [0.2, 0.25) is 0 Å². The average Bonchev–Trinajstić information content (AvgIpc) is 3.53. The Morgan fingerprint density at radius 3 is 1.89 bits per heavy atom. The zero-order valence-electron chi connectivity index (χ0n) is 36.0. The molecule has 0 aromatic rings. The second kappa shape index (κ2) is 14.6. The molecule has 3 saturated carbocycles. The van der Waals surface area contributed by atoms with Crippen molar-refractivity contribution in [3.05, 3.63) is 12.7 Å². The van der Waals surface area contributed by atoms with Gasteiger partial charge in [0.25, 0.3) is 5.91 Å². The first kappa shape index (κ1) is 43.5. The zero-order chi connectivity index (χ0) is 42.3. The van der Waals surface area contributed by atoms with Crippen LogP contribution >= 0.6 is 0 Å². The Morgan fingerprint density at radius 1 is 0.789 bits per heavy atom. The van der Waals surface area contributed by atoms with Crippen molar-refractivity contribution in [2.45, 2.75) is 163 Å². The Labute approximate surface area is 340 Å². The number of carbonyl (C=O) groups is 5. The number of hydrogen-bond donors (Lipinski definition) is 4. The van der Waals surface area contributed by atoms with Crippen LogP contribution in [0.5, 0.6) is 0 Å². The van der Waals surface area contributed by atoms with Crippen LogP contribution in [-0.2, 0) is 34.2 Å². The topological polar surface area (TPSA) is 177 Å². The van der Waals surface area contributed by atoms with Crippen molar-refractivity contribution < 1.29 is 32.4 Å². The highest BCUT2D eigenvalue weighted by molar-refractivity contribution is 7.87. The molecule has 320 valence electrons. The van der Waals surface area contributed by atoms with Crippen LogP contribution in [-0.4, -0.2) is 114 Å². The third kappa shape index (κ3) is 7.23. The van der Waals surface area contributed by atoms with Gasteiger partial charge in [0.1, 0.15) is 23.7 Å². The van der Waals surface area contributed by atoms with E-state index in [4.69, 9.17) is 0 Å². The molecular formula is C42H69N7O7S. The fourth-order valence-corrected chi connectivity index (χ4v) is 12.5. The van der Waals surface area contributed by atoms with Gasteiger partial charge in [0, 0.05) is 37.0 Å². The molecule has 2 spiro atoms. The van der Waals surface area contributed by atoms with E-state index >= 15 is 4.79 Å². The first-order chi connectivity index (χ1) is 26.3. The number of amides is 5. The van der Waals surface area contributed by atoms with Crippen LogP contribution < -0.4 is 20.7 Å². The molecule has 15 heteroatoms. The summed E-state index contributed by atoms with van der Waals surface area (Å²) in [6.45, 7) is 25.4. The number of rotatable bonds is 12. The van der Waals surface area contributed by atoms with Crippen molar-refractivity contribution in [2.24, 2.45) is 33.0 Å². The van der Waals surface area contributed by atoms with Gasteiger partial charge in [-0.15, -0.1) is 6.58 Å². The maximum atomic E-state index is 15.1. The summed E-state index contributed by atoms with van der Waals surface area (Å²) in [6.07, 6.45) is 8.20. The van der Waals surface area contributed by atoms with Crippen LogP contribution in [0.4, 0.5) is 0 Å². The van der Waals surface area contributed by atoms with Gasteiger partial charge in [-0.05, 0) is 93.4 Å². The molecule has 3 heterocycles. The highest BCUT2D eigenvalue weighted by Crippen LogP contribution is 2.88. The molecule has 5 amide bonds. The summed E-state index contributed by atoms with van der Waals surface area (Å²) < 4.78 is 29.8. The summed E-state index contributed by atoms with van der Waals surface area (Å²) in [5, 5.41) is 9.05. The minimum absolute atomic E-state index is 0.0259. The van der Waals surface area contributed by atoms with E-state index in [1.807, 2.05) is 41.5 Å². The van der Waals surface area contributed by atoms with E-state index in [1.54, 1.807) is 11.0 Å². The van der Waals surface area contributed by atoms with Gasteiger partial charge in [-0.3, -0.25) is 28.9 Å². The van der Waals surface area contributed by atoms with Crippen molar-refractivity contribution in [1.82, 2.24) is 34.8 Å². The maximum Gasteiger partial charge on any atom is 0.303 e. The van der Waals surface area contributed by atoms with Gasteiger partial charge in [0.2, 0.25) is 23.6 Å². The van der Waals surface area contributed by atoms with Crippen LogP contribution in [0, 0.1) is 33.0 Å². The Balaban J connectivity index is 1.27. The Kier molecular flexibility index (Phi) is 11.2. The first-order valence-corrected chi connectivity index (χ1v) is 22.7. The zero-order valence-corrected chi connectivity index (χ0v) is 36.9. The van der Waals surface area contributed by atoms with E-state index in [-0.39, 0.29) is 40.7 Å². The van der Waals surface area contributed by atoms with E-state index in [0.29, 0.717) is 45.3 Å². The summed E-state index contributed by atoms with van der Waals surface area (Å²) in [7, 11) is -4.11. The Bertz CT molecular complexity index is 1770. The SMILES string of the molecule is C=C[C@@H]1C[C@]1(NC(=O)[C@@H]1C[C@@]2(CN1C(=O)[C@@H](NC(=O)[C@@H](NC(=O)[C@H]1CCCN1C(C)C)C(C)(C)C)C(C)(C)C)C(C)(C)C21CCC1)C(=O)NS(=O)(=O)N1CCCC1. The van der Waals surface area contributed by atoms with E-state index in [2.05, 4.69) is 59.8 Å². The molecule has 3 aliphatic carbocycles. The van der Waals surface area contributed by atoms with Gasteiger partial charge in [0.05, 0.1) is 6.04 Å². The largest absolute Gasteiger partial charge is 0.342 e. The van der Waals surface area contributed by atoms with Crippen molar-refractivity contribution in [1.29, 1.82) is 0 Å². The predicted octanol–water partition coefficient (Wildman–Crippen LogP) is 3.24. The molecule has 7 atom stereocenters. The highest BCUT2D eigenvalue weighted by Gasteiger charge is 2.85. The lowest BCUT2D eigenvalue weighted by Crippen LogP contribution is -2.63. The molecular weight excluding hydrogens is 747 g/mol. The van der Waals surface area contributed by atoms with Gasteiger partial charge in [-0.25, -0.2) is 4.72 Å². The van der Waals surface area contributed by atoms with Crippen LogP contribution in [0.15, 0.2) is 12.7 Å². The number of likely N-dealkylation sites (tertiary alicyclic amines) is 2. The molecule has 0 unspecified atom stereocenters. The van der Waals surface area contributed by atoms with Crippen molar-refractivity contribution in [2.75, 3.05) is 26.2 Å². The molecule has 6 fully saturated rings. The third-order valence-electron chi connectivity index (χ3n) is 15.1. The summed E-state index contributed by atoms with van der Waals surface area (Å²) in [5.41, 5.74) is -3.53. The molecule has 0 bridgehead atoms. The van der Waals surface area contributed by atoms with E-state index in [9.17, 15) is 27.6 Å². The number of nitrogens with one attached hydrogen (secondary N) is 4. The normalized spacial score (nSPS) is 31.8. The Morgan fingerprint density at radius 2 is 1.40 bits per heavy atom. The molecule has 3 saturated heterocycles. The van der Waals surface area contributed by atoms with Crippen molar-refractivity contribution >= 4 is 39.7 Å². The summed E-state index contributed by atoms with van der Waals surface area (Å²) in [6, 6.07) is -3.14. The predicted molar refractivity (Wildman–Crippen MR) is 217 cm³/mol. The smallest absolute Gasteiger partial charge is 0.303 e. The molecule has 0 radical (unpaired) electrons. The van der Waals surface area contributed by atoms with Gasteiger partial charge in [0.15, 0.2) is 0 Å².